The minimum Gasteiger partial charge on any atom is -0.396 e. The Morgan fingerprint density at radius 3 is 2.96 bits per heavy atom. The van der Waals surface area contributed by atoms with Crippen molar-refractivity contribution in [1.29, 1.82) is 0 Å². The Hall–Kier alpha value is -2.41. The van der Waals surface area contributed by atoms with E-state index in [0.717, 1.165) is 23.4 Å². The van der Waals surface area contributed by atoms with Crippen LogP contribution in [-0.2, 0) is 6.54 Å². The summed E-state index contributed by atoms with van der Waals surface area (Å²) in [4.78, 5) is 16.1. The maximum absolute atomic E-state index is 11.8. The van der Waals surface area contributed by atoms with Gasteiger partial charge in [0.15, 0.2) is 5.82 Å². The first-order chi connectivity index (χ1) is 11.1. The van der Waals surface area contributed by atoms with E-state index < -0.39 is 0 Å². The predicted molar refractivity (Wildman–Crippen MR) is 87.7 cm³/mol. The first kappa shape index (κ1) is 17.0. The quantitative estimate of drug-likeness (QED) is 0.624. The Bertz CT molecular complexity index is 641. The van der Waals surface area contributed by atoms with Gasteiger partial charge < -0.3 is 15.7 Å². The molecule has 1 atom stereocenters. The van der Waals surface area contributed by atoms with Crippen LogP contribution in [0.4, 0.5) is 4.79 Å². The summed E-state index contributed by atoms with van der Waals surface area (Å²) in [6.45, 7) is 4.34. The number of hydrogen-bond acceptors (Lipinski definition) is 4. The molecule has 1 aromatic carbocycles. The molecule has 0 aliphatic heterocycles. The highest BCUT2D eigenvalue weighted by atomic mass is 16.3. The molecule has 0 saturated heterocycles. The van der Waals surface area contributed by atoms with Crippen LogP contribution in [0.1, 0.15) is 31.2 Å². The van der Waals surface area contributed by atoms with E-state index in [-0.39, 0.29) is 18.7 Å². The van der Waals surface area contributed by atoms with Crippen molar-refractivity contribution in [2.75, 3.05) is 6.61 Å². The molecule has 7 nitrogen and oxygen atoms in total. The van der Waals surface area contributed by atoms with Gasteiger partial charge in [0.25, 0.3) is 0 Å². The highest BCUT2D eigenvalue weighted by Crippen LogP contribution is 2.16. The molecule has 1 heterocycles. The van der Waals surface area contributed by atoms with Gasteiger partial charge in [0.05, 0.1) is 0 Å². The van der Waals surface area contributed by atoms with E-state index in [4.69, 9.17) is 5.11 Å². The molecule has 1 unspecified atom stereocenters. The highest BCUT2D eigenvalue weighted by Gasteiger charge is 2.08. The summed E-state index contributed by atoms with van der Waals surface area (Å²) >= 11 is 0. The molecule has 0 aliphatic carbocycles. The second kappa shape index (κ2) is 8.28. The lowest BCUT2D eigenvalue weighted by molar-refractivity contribution is 0.234. The van der Waals surface area contributed by atoms with Gasteiger partial charge in [-0.15, -0.1) is 0 Å². The number of benzene rings is 1. The van der Waals surface area contributed by atoms with Gasteiger partial charge in [-0.1, -0.05) is 18.2 Å². The normalized spacial score (nSPS) is 12.0. The second-order valence-electron chi connectivity index (χ2n) is 5.54. The topological polar surface area (TPSA) is 103 Å². The van der Waals surface area contributed by atoms with Crippen LogP contribution >= 0.6 is 0 Å². The third kappa shape index (κ3) is 5.37. The average molecular weight is 317 g/mol. The number of aliphatic hydroxyl groups excluding tert-OH is 1. The number of carbonyl (C=O) groups is 1. The van der Waals surface area contributed by atoms with E-state index >= 15 is 0 Å². The minimum atomic E-state index is -0.213. The highest BCUT2D eigenvalue weighted by molar-refractivity contribution is 5.74. The number of urea groups is 1. The van der Waals surface area contributed by atoms with Crippen molar-refractivity contribution in [1.82, 2.24) is 25.8 Å². The summed E-state index contributed by atoms with van der Waals surface area (Å²) in [5.74, 6) is 1.41. The first-order valence-electron chi connectivity index (χ1n) is 7.72. The van der Waals surface area contributed by atoms with E-state index in [1.807, 2.05) is 38.1 Å². The molecule has 0 saturated carbocycles. The zero-order valence-electron chi connectivity index (χ0n) is 13.5. The fourth-order valence-electron chi connectivity index (χ4n) is 2.22. The number of amides is 2. The van der Waals surface area contributed by atoms with Crippen molar-refractivity contribution >= 4 is 6.03 Å². The molecule has 1 aromatic heterocycles. The van der Waals surface area contributed by atoms with Gasteiger partial charge in [-0.3, -0.25) is 5.10 Å². The van der Waals surface area contributed by atoms with Crippen LogP contribution in [0.25, 0.3) is 11.4 Å². The van der Waals surface area contributed by atoms with Crippen LogP contribution in [0.5, 0.6) is 0 Å². The molecule has 2 rings (SSSR count). The van der Waals surface area contributed by atoms with Gasteiger partial charge >= 0.3 is 6.03 Å². The zero-order valence-corrected chi connectivity index (χ0v) is 13.5. The predicted octanol–water partition coefficient (Wildman–Crippen LogP) is 1.74. The number of hydrogen-bond donors (Lipinski definition) is 4. The zero-order chi connectivity index (χ0) is 16.7. The molecule has 0 spiro atoms. The van der Waals surface area contributed by atoms with Crippen molar-refractivity contribution < 1.29 is 9.90 Å². The minimum absolute atomic E-state index is 0.0321. The smallest absolute Gasteiger partial charge is 0.315 e. The van der Waals surface area contributed by atoms with Crippen LogP contribution in [0.3, 0.4) is 0 Å². The molecular weight excluding hydrogens is 294 g/mol. The summed E-state index contributed by atoms with van der Waals surface area (Å²) < 4.78 is 0. The molecule has 124 valence electrons. The Balaban J connectivity index is 1.87. The SMILES string of the molecule is Cc1nc(-c2cccc(CNC(=O)NC(C)CCCO)c2)n[nH]1. The number of nitrogens with one attached hydrogen (secondary N) is 3. The first-order valence-corrected chi connectivity index (χ1v) is 7.72. The van der Waals surface area contributed by atoms with Crippen molar-refractivity contribution in [3.05, 3.63) is 35.7 Å². The Morgan fingerprint density at radius 2 is 2.26 bits per heavy atom. The van der Waals surface area contributed by atoms with E-state index in [9.17, 15) is 4.79 Å². The Kier molecular flexibility index (Phi) is 6.10. The largest absolute Gasteiger partial charge is 0.396 e. The molecule has 4 N–H and O–H groups in total. The molecule has 2 aromatic rings. The van der Waals surface area contributed by atoms with Gasteiger partial charge in [-0.05, 0) is 38.3 Å². The van der Waals surface area contributed by atoms with E-state index in [1.54, 1.807) is 0 Å². The molecule has 7 heteroatoms. The van der Waals surface area contributed by atoms with Gasteiger partial charge in [0.2, 0.25) is 0 Å². The lowest BCUT2D eigenvalue weighted by Gasteiger charge is -2.14. The fraction of sp³-hybridized carbons (Fsp3) is 0.438. The monoisotopic (exact) mass is 317 g/mol. The standard InChI is InChI=1S/C16H23N5O2/c1-11(5-4-8-22)18-16(23)17-10-13-6-3-7-14(9-13)15-19-12(2)20-21-15/h3,6-7,9,11,22H,4-5,8,10H2,1-2H3,(H2,17,18,23)(H,19,20,21). The number of rotatable bonds is 7. The second-order valence-corrected chi connectivity index (χ2v) is 5.54. The summed E-state index contributed by atoms with van der Waals surface area (Å²) in [5, 5.41) is 21.4. The third-order valence-electron chi connectivity index (χ3n) is 3.41. The van der Waals surface area contributed by atoms with E-state index in [1.165, 1.54) is 0 Å². The molecule has 23 heavy (non-hydrogen) atoms. The lowest BCUT2D eigenvalue weighted by Crippen LogP contribution is -2.40. The summed E-state index contributed by atoms with van der Waals surface area (Å²) in [6.07, 6.45) is 1.43. The molecule has 0 aliphatic rings. The molecule has 2 amide bonds. The summed E-state index contributed by atoms with van der Waals surface area (Å²) in [6, 6.07) is 7.57. The van der Waals surface area contributed by atoms with Gasteiger partial charge in [0, 0.05) is 24.8 Å². The van der Waals surface area contributed by atoms with E-state index in [0.29, 0.717) is 18.8 Å². The van der Waals surface area contributed by atoms with E-state index in [2.05, 4.69) is 25.8 Å². The molecule has 0 fully saturated rings. The van der Waals surface area contributed by atoms with Gasteiger partial charge in [-0.25, -0.2) is 9.78 Å². The Morgan fingerprint density at radius 1 is 1.43 bits per heavy atom. The maximum atomic E-state index is 11.8. The van der Waals surface area contributed by atoms with Crippen LogP contribution in [-0.4, -0.2) is 39.0 Å². The van der Waals surface area contributed by atoms with Gasteiger partial charge in [-0.2, -0.15) is 5.10 Å². The Labute approximate surface area is 135 Å². The summed E-state index contributed by atoms with van der Waals surface area (Å²) in [5.41, 5.74) is 1.88. The number of aromatic amines is 1. The van der Waals surface area contributed by atoms with Crippen LogP contribution in [0.15, 0.2) is 24.3 Å². The van der Waals surface area contributed by atoms with Crippen molar-refractivity contribution in [3.8, 4) is 11.4 Å². The van der Waals surface area contributed by atoms with Crippen molar-refractivity contribution in [2.45, 2.75) is 39.3 Å². The molecular formula is C16H23N5O2. The maximum Gasteiger partial charge on any atom is 0.315 e. The van der Waals surface area contributed by atoms with Crippen molar-refractivity contribution in [3.63, 3.8) is 0 Å². The number of carbonyl (C=O) groups excluding carboxylic acids is 1. The van der Waals surface area contributed by atoms with Gasteiger partial charge in [0.1, 0.15) is 5.82 Å². The van der Waals surface area contributed by atoms with Crippen LogP contribution < -0.4 is 10.6 Å². The average Bonchev–Trinajstić information content (AvgIpc) is 2.98. The van der Waals surface area contributed by atoms with Crippen molar-refractivity contribution in [2.24, 2.45) is 0 Å². The summed E-state index contributed by atoms with van der Waals surface area (Å²) in [7, 11) is 0. The number of nitrogens with zero attached hydrogens (tertiary/aromatic N) is 2. The number of aryl methyl sites for hydroxylation is 1. The third-order valence-corrected chi connectivity index (χ3v) is 3.41. The lowest BCUT2D eigenvalue weighted by atomic mass is 10.1. The van der Waals surface area contributed by atoms with Crippen LogP contribution in [0, 0.1) is 6.92 Å². The number of aromatic nitrogens is 3. The molecule has 0 bridgehead atoms. The fourth-order valence-corrected chi connectivity index (χ4v) is 2.22. The molecule has 0 radical (unpaired) electrons. The van der Waals surface area contributed by atoms with Crippen LogP contribution in [0.2, 0.25) is 0 Å². The number of aliphatic hydroxyl groups is 1. The number of H-pyrrole nitrogens is 1.